The number of benzene rings is 3. The van der Waals surface area contributed by atoms with Crippen LogP contribution in [0.4, 0.5) is 10.7 Å². The van der Waals surface area contributed by atoms with E-state index in [4.69, 9.17) is 4.74 Å². The first-order valence-corrected chi connectivity index (χ1v) is 15.3. The fourth-order valence-corrected chi connectivity index (χ4v) is 7.21. The molecule has 0 spiro atoms. The van der Waals surface area contributed by atoms with Gasteiger partial charge in [0.05, 0.1) is 24.5 Å². The van der Waals surface area contributed by atoms with Gasteiger partial charge in [0.1, 0.15) is 5.00 Å². The Morgan fingerprint density at radius 3 is 2.52 bits per heavy atom. The van der Waals surface area contributed by atoms with Gasteiger partial charge in [0.25, 0.3) is 5.91 Å². The van der Waals surface area contributed by atoms with Gasteiger partial charge in [0.2, 0.25) is 11.8 Å². The molecule has 1 aromatic heterocycles. The van der Waals surface area contributed by atoms with E-state index >= 15 is 0 Å². The van der Waals surface area contributed by atoms with Gasteiger partial charge in [-0.05, 0) is 59.5 Å². The van der Waals surface area contributed by atoms with Gasteiger partial charge in [-0.15, -0.1) is 23.1 Å². The highest BCUT2D eigenvalue weighted by molar-refractivity contribution is 8.00. The SMILES string of the molecule is CCC(Sc1cccc(NC(=O)c2ccc3ccccc3c2)c1)C(=O)Nc1sc2c(c1C(=O)OC)CCN(C(C)=O)C2. The summed E-state index contributed by atoms with van der Waals surface area (Å²) in [5.74, 6) is -0.986. The van der Waals surface area contributed by atoms with Crippen LogP contribution in [0.25, 0.3) is 10.8 Å². The van der Waals surface area contributed by atoms with E-state index in [1.54, 1.807) is 11.0 Å². The Balaban J connectivity index is 1.29. The van der Waals surface area contributed by atoms with Crippen molar-refractivity contribution < 1.29 is 23.9 Å². The van der Waals surface area contributed by atoms with Gasteiger partial charge in [0.15, 0.2) is 0 Å². The molecule has 2 heterocycles. The van der Waals surface area contributed by atoms with Crippen LogP contribution < -0.4 is 10.6 Å². The zero-order chi connectivity index (χ0) is 29.8. The molecule has 216 valence electrons. The van der Waals surface area contributed by atoms with Crippen LogP contribution in [0.15, 0.2) is 71.6 Å². The van der Waals surface area contributed by atoms with Crippen molar-refractivity contribution in [3.05, 3.63) is 88.3 Å². The third kappa shape index (κ3) is 6.34. The van der Waals surface area contributed by atoms with Crippen LogP contribution in [0, 0.1) is 0 Å². The largest absolute Gasteiger partial charge is 0.465 e. The average molecular weight is 602 g/mol. The molecule has 10 heteroatoms. The summed E-state index contributed by atoms with van der Waals surface area (Å²) in [5, 5.41) is 7.97. The number of thiophene rings is 1. The van der Waals surface area contributed by atoms with Crippen LogP contribution in [0.5, 0.6) is 0 Å². The first-order chi connectivity index (χ1) is 20.3. The molecule has 0 radical (unpaired) electrons. The summed E-state index contributed by atoms with van der Waals surface area (Å²) in [7, 11) is 1.32. The number of carbonyl (C=O) groups is 4. The Labute approximate surface area is 252 Å². The zero-order valence-corrected chi connectivity index (χ0v) is 25.2. The highest BCUT2D eigenvalue weighted by Crippen LogP contribution is 2.38. The Bertz CT molecular complexity index is 1680. The number of methoxy groups -OCH3 is 1. The predicted molar refractivity (Wildman–Crippen MR) is 167 cm³/mol. The smallest absolute Gasteiger partial charge is 0.341 e. The number of nitrogens with one attached hydrogen (secondary N) is 2. The molecule has 42 heavy (non-hydrogen) atoms. The fourth-order valence-electron chi connectivity index (χ4n) is 4.94. The predicted octanol–water partition coefficient (Wildman–Crippen LogP) is 6.35. The molecule has 5 rings (SSSR count). The molecule has 0 fully saturated rings. The highest BCUT2D eigenvalue weighted by atomic mass is 32.2. The lowest BCUT2D eigenvalue weighted by Crippen LogP contribution is -2.34. The topological polar surface area (TPSA) is 105 Å². The molecule has 0 saturated heterocycles. The van der Waals surface area contributed by atoms with Gasteiger partial charge in [-0.2, -0.15) is 0 Å². The second-order valence-corrected chi connectivity index (χ2v) is 12.3. The average Bonchev–Trinajstić information content (AvgIpc) is 3.36. The quantitative estimate of drug-likeness (QED) is 0.180. The third-order valence-corrected chi connectivity index (χ3v) is 9.66. The van der Waals surface area contributed by atoms with Crippen molar-refractivity contribution in [2.45, 2.75) is 43.4 Å². The van der Waals surface area contributed by atoms with E-state index in [-0.39, 0.29) is 17.7 Å². The van der Waals surface area contributed by atoms with E-state index < -0.39 is 11.2 Å². The lowest BCUT2D eigenvalue weighted by molar-refractivity contribution is -0.129. The molecule has 1 atom stereocenters. The number of nitrogens with zero attached hydrogens (tertiary/aromatic N) is 1. The minimum atomic E-state index is -0.505. The van der Waals surface area contributed by atoms with Crippen molar-refractivity contribution in [3.8, 4) is 0 Å². The van der Waals surface area contributed by atoms with Crippen LogP contribution in [0.2, 0.25) is 0 Å². The van der Waals surface area contributed by atoms with Gasteiger partial charge < -0.3 is 20.3 Å². The molecule has 3 aromatic carbocycles. The molecule has 0 bridgehead atoms. The van der Waals surface area contributed by atoms with Crippen molar-refractivity contribution in [2.75, 3.05) is 24.3 Å². The Morgan fingerprint density at radius 1 is 1.00 bits per heavy atom. The number of amides is 3. The lowest BCUT2D eigenvalue weighted by atomic mass is 10.0. The van der Waals surface area contributed by atoms with E-state index in [9.17, 15) is 19.2 Å². The Kier molecular flexibility index (Phi) is 8.94. The molecular weight excluding hydrogens is 571 g/mol. The number of ether oxygens (including phenoxy) is 1. The van der Waals surface area contributed by atoms with Gasteiger partial charge in [-0.25, -0.2) is 4.79 Å². The monoisotopic (exact) mass is 601 g/mol. The van der Waals surface area contributed by atoms with Crippen LogP contribution in [-0.4, -0.2) is 47.5 Å². The molecule has 0 aliphatic carbocycles. The second kappa shape index (κ2) is 12.8. The second-order valence-electron chi connectivity index (χ2n) is 9.94. The van der Waals surface area contributed by atoms with Crippen LogP contribution in [0.1, 0.15) is 51.4 Å². The summed E-state index contributed by atoms with van der Waals surface area (Å²) >= 11 is 2.70. The molecule has 4 aromatic rings. The molecule has 3 amide bonds. The van der Waals surface area contributed by atoms with Crippen LogP contribution >= 0.6 is 23.1 Å². The van der Waals surface area contributed by atoms with Crippen molar-refractivity contribution in [1.29, 1.82) is 0 Å². The number of fused-ring (bicyclic) bond motifs is 2. The van der Waals surface area contributed by atoms with Crippen molar-refractivity contribution in [1.82, 2.24) is 4.90 Å². The lowest BCUT2D eigenvalue weighted by Gasteiger charge is -2.25. The first-order valence-electron chi connectivity index (χ1n) is 13.6. The van der Waals surface area contributed by atoms with E-state index in [1.807, 2.05) is 67.6 Å². The van der Waals surface area contributed by atoms with Gasteiger partial charge >= 0.3 is 5.97 Å². The molecule has 0 saturated carbocycles. The van der Waals surface area contributed by atoms with Crippen molar-refractivity contribution in [3.63, 3.8) is 0 Å². The maximum atomic E-state index is 13.4. The zero-order valence-electron chi connectivity index (χ0n) is 23.6. The summed E-state index contributed by atoms with van der Waals surface area (Å²) in [5.41, 5.74) is 2.38. The van der Waals surface area contributed by atoms with E-state index in [0.29, 0.717) is 47.7 Å². The minimum Gasteiger partial charge on any atom is -0.465 e. The maximum absolute atomic E-state index is 13.4. The summed E-state index contributed by atoms with van der Waals surface area (Å²) in [4.78, 5) is 54.5. The number of thioether (sulfide) groups is 1. The summed E-state index contributed by atoms with van der Waals surface area (Å²) in [6, 6.07) is 20.9. The van der Waals surface area contributed by atoms with E-state index in [2.05, 4.69) is 10.6 Å². The van der Waals surface area contributed by atoms with Crippen LogP contribution in [-0.2, 0) is 27.3 Å². The first kappa shape index (κ1) is 29.3. The number of rotatable bonds is 8. The van der Waals surface area contributed by atoms with Crippen molar-refractivity contribution >= 4 is 68.3 Å². The number of hydrogen-bond acceptors (Lipinski definition) is 7. The molecule has 1 aliphatic rings. The number of hydrogen-bond donors (Lipinski definition) is 2. The molecule has 1 aliphatic heterocycles. The highest BCUT2D eigenvalue weighted by Gasteiger charge is 2.31. The molecule has 2 N–H and O–H groups in total. The summed E-state index contributed by atoms with van der Waals surface area (Å²) in [6.07, 6.45) is 1.07. The summed E-state index contributed by atoms with van der Waals surface area (Å²) in [6.45, 7) is 4.36. The summed E-state index contributed by atoms with van der Waals surface area (Å²) < 4.78 is 5.03. The van der Waals surface area contributed by atoms with E-state index in [1.165, 1.54) is 37.1 Å². The number of esters is 1. The number of carbonyl (C=O) groups excluding carboxylic acids is 4. The number of anilines is 2. The van der Waals surface area contributed by atoms with Gasteiger partial charge in [-0.3, -0.25) is 14.4 Å². The van der Waals surface area contributed by atoms with Gasteiger partial charge in [-0.1, -0.05) is 43.3 Å². The fraction of sp³-hybridized carbons (Fsp3) is 0.250. The molecule has 8 nitrogen and oxygen atoms in total. The Morgan fingerprint density at radius 2 is 1.79 bits per heavy atom. The van der Waals surface area contributed by atoms with E-state index in [0.717, 1.165) is 26.1 Å². The molecule has 1 unspecified atom stereocenters. The van der Waals surface area contributed by atoms with Gasteiger partial charge in [0, 0.05) is 34.5 Å². The maximum Gasteiger partial charge on any atom is 0.341 e. The minimum absolute atomic E-state index is 0.0302. The van der Waals surface area contributed by atoms with Crippen LogP contribution in [0.3, 0.4) is 0 Å². The third-order valence-electron chi connectivity index (χ3n) is 7.17. The normalized spacial score (nSPS) is 13.3. The molecular formula is C32H31N3O5S2. The Hall–Kier alpha value is -4.15. The standard InChI is InChI=1S/C32H31N3O5S2/c1-4-26(30(38)34-31-28(32(39)40-3)25-14-15-35(19(2)36)18-27(25)42-31)41-24-11-7-10-23(17-24)33-29(37)22-13-12-20-8-5-6-9-21(20)16-22/h5-13,16-17,26H,4,14-15,18H2,1-3H3,(H,33,37)(H,34,38). The van der Waals surface area contributed by atoms with Crippen molar-refractivity contribution in [2.24, 2.45) is 0 Å².